The third-order valence-electron chi connectivity index (χ3n) is 2.62. The summed E-state index contributed by atoms with van der Waals surface area (Å²) in [7, 11) is -3.65. The van der Waals surface area contributed by atoms with E-state index in [1.54, 1.807) is 6.92 Å². The molecule has 6 heteroatoms. The van der Waals surface area contributed by atoms with Gasteiger partial charge in [0.15, 0.2) is 5.60 Å². The highest BCUT2D eigenvalue weighted by molar-refractivity contribution is 7.86. The first-order valence-electron chi connectivity index (χ1n) is 5.47. The molecule has 0 bridgehead atoms. The molecule has 0 aromatic rings. The maximum Gasteiger partial charge on any atom is 0.339 e. The van der Waals surface area contributed by atoms with Gasteiger partial charge in [-0.3, -0.25) is 4.18 Å². The molecule has 0 amide bonds. The zero-order chi connectivity index (χ0) is 12.2. The number of carbonyl (C=O) groups excluding carboxylic acids is 1. The molecule has 1 rings (SSSR count). The molecule has 0 radical (unpaired) electrons. The Labute approximate surface area is 96.2 Å². The van der Waals surface area contributed by atoms with Gasteiger partial charge in [-0.15, -0.1) is 0 Å². The topological polar surface area (TPSA) is 69.7 Å². The first-order chi connectivity index (χ1) is 7.40. The average Bonchev–Trinajstić information content (AvgIpc) is 2.17. The van der Waals surface area contributed by atoms with E-state index in [0.717, 1.165) is 25.5 Å². The molecule has 0 aliphatic heterocycles. The van der Waals surface area contributed by atoms with Crippen LogP contribution in [0.25, 0.3) is 0 Å². The molecule has 1 fully saturated rings. The van der Waals surface area contributed by atoms with Crippen LogP contribution in [-0.4, -0.2) is 32.9 Å². The minimum absolute atomic E-state index is 0.230. The predicted molar refractivity (Wildman–Crippen MR) is 58.4 cm³/mol. The quantitative estimate of drug-likeness (QED) is 0.554. The van der Waals surface area contributed by atoms with Crippen molar-refractivity contribution >= 4 is 16.1 Å². The van der Waals surface area contributed by atoms with E-state index in [1.807, 2.05) is 0 Å². The standard InChI is InChI=1S/C10H18O5S/c1-3-14-9(11)10(15-16(2,12)13)7-5-4-6-8-10/h3-8H2,1-2H3. The second-order valence-electron chi connectivity index (χ2n) is 4.06. The summed E-state index contributed by atoms with van der Waals surface area (Å²) in [4.78, 5) is 11.8. The first-order valence-corrected chi connectivity index (χ1v) is 7.29. The first kappa shape index (κ1) is 13.4. The molecule has 0 aromatic heterocycles. The Morgan fingerprint density at radius 3 is 2.25 bits per heavy atom. The molecule has 94 valence electrons. The Hall–Kier alpha value is -0.620. The Kier molecular flexibility index (Phi) is 4.32. The number of carbonyl (C=O) groups is 1. The monoisotopic (exact) mass is 250 g/mol. The summed E-state index contributed by atoms with van der Waals surface area (Å²) in [5.74, 6) is -0.555. The van der Waals surface area contributed by atoms with Crippen molar-refractivity contribution in [1.29, 1.82) is 0 Å². The van der Waals surface area contributed by atoms with Gasteiger partial charge in [0.25, 0.3) is 10.1 Å². The highest BCUT2D eigenvalue weighted by atomic mass is 32.2. The van der Waals surface area contributed by atoms with Crippen LogP contribution in [0.1, 0.15) is 39.0 Å². The lowest BCUT2D eigenvalue weighted by molar-refractivity contribution is -0.164. The minimum atomic E-state index is -3.65. The number of ether oxygens (including phenoxy) is 1. The van der Waals surface area contributed by atoms with Crippen molar-refractivity contribution in [2.24, 2.45) is 0 Å². The Morgan fingerprint density at radius 1 is 1.25 bits per heavy atom. The maximum absolute atomic E-state index is 11.8. The zero-order valence-electron chi connectivity index (χ0n) is 9.69. The maximum atomic E-state index is 11.8. The third-order valence-corrected chi connectivity index (χ3v) is 3.24. The van der Waals surface area contributed by atoms with Gasteiger partial charge in [-0.1, -0.05) is 6.42 Å². The third kappa shape index (κ3) is 3.45. The van der Waals surface area contributed by atoms with Crippen LogP contribution < -0.4 is 0 Å². The molecule has 0 spiro atoms. The van der Waals surface area contributed by atoms with E-state index in [1.165, 1.54) is 0 Å². The summed E-state index contributed by atoms with van der Waals surface area (Å²) in [5.41, 5.74) is -1.28. The van der Waals surface area contributed by atoms with Crippen LogP contribution in [0.3, 0.4) is 0 Å². The summed E-state index contributed by atoms with van der Waals surface area (Å²) >= 11 is 0. The number of rotatable bonds is 4. The number of hydrogen-bond acceptors (Lipinski definition) is 5. The largest absolute Gasteiger partial charge is 0.464 e. The van der Waals surface area contributed by atoms with Gasteiger partial charge >= 0.3 is 5.97 Å². The van der Waals surface area contributed by atoms with Gasteiger partial charge in [-0.2, -0.15) is 8.42 Å². The van der Waals surface area contributed by atoms with E-state index in [9.17, 15) is 13.2 Å². The van der Waals surface area contributed by atoms with Crippen LogP contribution in [0.5, 0.6) is 0 Å². The molecule has 0 N–H and O–H groups in total. The van der Waals surface area contributed by atoms with E-state index in [-0.39, 0.29) is 6.61 Å². The van der Waals surface area contributed by atoms with Crippen molar-refractivity contribution in [2.45, 2.75) is 44.6 Å². The fourth-order valence-electron chi connectivity index (χ4n) is 2.00. The van der Waals surface area contributed by atoms with Gasteiger partial charge in [0.05, 0.1) is 12.9 Å². The van der Waals surface area contributed by atoms with E-state index in [0.29, 0.717) is 12.8 Å². The van der Waals surface area contributed by atoms with Gasteiger partial charge in [-0.05, 0) is 32.6 Å². The molecular weight excluding hydrogens is 232 g/mol. The summed E-state index contributed by atoms with van der Waals surface area (Å²) in [6, 6.07) is 0. The van der Waals surface area contributed by atoms with Crippen molar-refractivity contribution < 1.29 is 22.1 Å². The van der Waals surface area contributed by atoms with Gasteiger partial charge in [-0.25, -0.2) is 4.79 Å². The van der Waals surface area contributed by atoms with Crippen molar-refractivity contribution in [3.63, 3.8) is 0 Å². The second-order valence-corrected chi connectivity index (χ2v) is 5.64. The van der Waals surface area contributed by atoms with E-state index in [4.69, 9.17) is 8.92 Å². The zero-order valence-corrected chi connectivity index (χ0v) is 10.5. The molecule has 16 heavy (non-hydrogen) atoms. The van der Waals surface area contributed by atoms with Crippen LogP contribution in [0.15, 0.2) is 0 Å². The Balaban J connectivity index is 2.87. The van der Waals surface area contributed by atoms with Gasteiger partial charge in [0.2, 0.25) is 0 Å². The second kappa shape index (κ2) is 5.14. The molecular formula is C10H18O5S. The Bertz CT molecular complexity index is 340. The lowest BCUT2D eigenvalue weighted by Gasteiger charge is -2.33. The van der Waals surface area contributed by atoms with E-state index >= 15 is 0 Å². The summed E-state index contributed by atoms with van der Waals surface area (Å²) in [6.45, 7) is 1.92. The fraction of sp³-hybridized carbons (Fsp3) is 0.900. The van der Waals surface area contributed by atoms with Crippen molar-refractivity contribution in [3.8, 4) is 0 Å². The molecule has 1 aliphatic rings. The molecule has 1 aliphatic carbocycles. The van der Waals surface area contributed by atoms with Crippen LogP contribution in [-0.2, 0) is 23.8 Å². The van der Waals surface area contributed by atoms with E-state index in [2.05, 4.69) is 0 Å². The lowest BCUT2D eigenvalue weighted by atomic mass is 9.85. The normalized spacial score (nSPS) is 20.4. The lowest BCUT2D eigenvalue weighted by Crippen LogP contribution is -2.46. The number of hydrogen-bond donors (Lipinski definition) is 0. The van der Waals surface area contributed by atoms with Gasteiger partial charge in [0.1, 0.15) is 0 Å². The highest BCUT2D eigenvalue weighted by Crippen LogP contribution is 2.34. The van der Waals surface area contributed by atoms with Crippen LogP contribution >= 0.6 is 0 Å². The molecule has 0 aromatic carbocycles. The van der Waals surface area contributed by atoms with Crippen molar-refractivity contribution in [2.75, 3.05) is 12.9 Å². The van der Waals surface area contributed by atoms with Crippen molar-refractivity contribution in [1.82, 2.24) is 0 Å². The fourth-order valence-corrected chi connectivity index (χ4v) is 2.81. The number of esters is 1. The average molecular weight is 250 g/mol. The molecule has 1 saturated carbocycles. The SMILES string of the molecule is CCOC(=O)C1(OS(C)(=O)=O)CCCCC1. The predicted octanol–water partition coefficient (Wildman–Crippen LogP) is 1.23. The molecule has 0 heterocycles. The Morgan fingerprint density at radius 2 is 1.81 bits per heavy atom. The van der Waals surface area contributed by atoms with E-state index < -0.39 is 21.7 Å². The van der Waals surface area contributed by atoms with Gasteiger partial charge in [0, 0.05) is 0 Å². The van der Waals surface area contributed by atoms with Crippen LogP contribution in [0, 0.1) is 0 Å². The highest BCUT2D eigenvalue weighted by Gasteiger charge is 2.45. The van der Waals surface area contributed by atoms with Crippen LogP contribution in [0.2, 0.25) is 0 Å². The minimum Gasteiger partial charge on any atom is -0.464 e. The smallest absolute Gasteiger partial charge is 0.339 e. The molecule has 0 atom stereocenters. The summed E-state index contributed by atoms with van der Waals surface area (Å²) in [6.07, 6.45) is 4.36. The summed E-state index contributed by atoms with van der Waals surface area (Å²) < 4.78 is 32.2. The van der Waals surface area contributed by atoms with Gasteiger partial charge < -0.3 is 4.74 Å². The molecule has 0 saturated heterocycles. The molecule has 0 unspecified atom stereocenters. The van der Waals surface area contributed by atoms with Crippen molar-refractivity contribution in [3.05, 3.63) is 0 Å². The molecule has 5 nitrogen and oxygen atoms in total. The summed E-state index contributed by atoms with van der Waals surface area (Å²) in [5, 5.41) is 0. The van der Waals surface area contributed by atoms with Crippen LogP contribution in [0.4, 0.5) is 0 Å².